The third-order valence-electron chi connectivity index (χ3n) is 20.4. The molecule has 3 aliphatic rings. The van der Waals surface area contributed by atoms with Crippen molar-refractivity contribution in [3.63, 3.8) is 0 Å². The minimum absolute atomic E-state index is 0.0382. The third kappa shape index (κ3) is 36.7. The number of hydrogen-bond acceptors (Lipinski definition) is 24. The number of cyclic esters (lactones) is 1. The number of thioether (sulfide) groups is 1. The summed E-state index contributed by atoms with van der Waals surface area (Å²) in [6.45, 7) is 12.2. The molecule has 602 valence electrons. The lowest BCUT2D eigenvalue weighted by Gasteiger charge is -2.46. The number of fused-ring (bicyclic) bond motifs is 2. The first-order valence-electron chi connectivity index (χ1n) is 38.1. The van der Waals surface area contributed by atoms with E-state index in [0.29, 0.717) is 50.5 Å². The van der Waals surface area contributed by atoms with Crippen LogP contribution in [-0.2, 0) is 33.4 Å². The molecule has 0 radical (unpaired) electrons. The average Bonchev–Trinajstić information content (AvgIpc) is 0.791. The van der Waals surface area contributed by atoms with Gasteiger partial charge in [-0.3, -0.25) is 19.2 Å². The molecule has 0 spiro atoms. The van der Waals surface area contributed by atoms with Gasteiger partial charge in [-0.1, -0.05) is 171 Å². The van der Waals surface area contributed by atoms with Crippen LogP contribution in [0.15, 0.2) is 131 Å². The summed E-state index contributed by atoms with van der Waals surface area (Å²) in [6.07, 6.45) is 18.1. The Morgan fingerprint density at radius 2 is 1.19 bits per heavy atom. The largest absolute Gasteiger partial charge is 0.504 e. The highest BCUT2D eigenvalue weighted by Gasteiger charge is 2.49. The van der Waals surface area contributed by atoms with E-state index in [4.69, 9.17) is 14.2 Å². The fourth-order valence-corrected chi connectivity index (χ4v) is 14.2. The van der Waals surface area contributed by atoms with Crippen molar-refractivity contribution in [1.29, 1.82) is 0 Å². The molecule has 0 aromatic heterocycles. The predicted octanol–water partition coefficient (Wildman–Crippen LogP) is 8.03. The Hall–Kier alpha value is -4.91. The van der Waals surface area contributed by atoms with Gasteiger partial charge in [0.15, 0.2) is 17.3 Å². The highest BCUT2D eigenvalue weighted by molar-refractivity contribution is 8.03. The van der Waals surface area contributed by atoms with Gasteiger partial charge in [-0.25, -0.2) is 0 Å². The lowest BCUT2D eigenvalue weighted by molar-refractivity contribution is -0.302. The van der Waals surface area contributed by atoms with Crippen molar-refractivity contribution in [3.8, 4) is 0 Å². The normalized spacial score (nSPS) is 36.0. The van der Waals surface area contributed by atoms with Crippen molar-refractivity contribution < 1.29 is 115 Å². The number of ether oxygens (including phenoxy) is 3. The SMILES string of the molecule is COC(CCC(C)C=CC=CC1CC(O)CC(O)CCCCCCCC(O)CC(O)CC=CC=CC=CC(O)CC(=O)CC(O)CC=CC=CC(O)CC(O)CC(O)CCC(C)C(O)CC(O)C(C)C(O)C(C)=CC=CC(C)C(O)C(C)C2OC(O)(CC(=O)O1)CC(O)C2C)C1=C(SC)C(=O)C=C(O)C1=O. The standard InChI is InChI=1S/C82H130O23S/c1-51(36-39-74(103-8)76-79(101)71(95)48-72(96)81(76)106-9)26-23-24-35-68-46-67(92)44-63(88)32-20-15-11-13-18-30-59(84)40-58(83)29-17-12-10-14-19-31-60(85)41-65(90)42-61(86)33-21-16-22-34-62(87)43-66(91)45-64(89)38-37-52(2)69(93)47-70(94)55(5)77(99)53(3)27-25-28-54(4)78(100)57(7)80-56(6)73(97)49-82(102,105-80)50-75(98)104-68/h10,12,14,16-17,19,21-28,31,34-35,48,51-52,54-64,66-70,73-74,77-78,80,83-89,91-95,97,99-100,102H,11,13,15,18,20,29-30,32-33,36-47,49-50H2,1-9H3. The van der Waals surface area contributed by atoms with Gasteiger partial charge >= 0.3 is 5.97 Å². The van der Waals surface area contributed by atoms with E-state index in [-0.39, 0.29) is 98.7 Å². The quantitative estimate of drug-likeness (QED) is 0.0590. The topological polar surface area (TPSA) is 420 Å². The van der Waals surface area contributed by atoms with Crippen LogP contribution < -0.4 is 0 Å². The van der Waals surface area contributed by atoms with Gasteiger partial charge in [0.2, 0.25) is 5.78 Å². The van der Waals surface area contributed by atoms with Crippen molar-refractivity contribution in [2.24, 2.45) is 35.5 Å². The molecule has 23 nitrogen and oxygen atoms in total. The summed E-state index contributed by atoms with van der Waals surface area (Å²) in [7, 11) is 1.42. The van der Waals surface area contributed by atoms with Crippen molar-refractivity contribution in [3.05, 3.63) is 131 Å². The Balaban J connectivity index is 1.78. The van der Waals surface area contributed by atoms with Crippen LogP contribution in [0.3, 0.4) is 0 Å². The molecule has 106 heavy (non-hydrogen) atoms. The Bertz CT molecular complexity index is 2950. The monoisotopic (exact) mass is 1510 g/mol. The summed E-state index contributed by atoms with van der Waals surface area (Å²) >= 11 is 1.10. The fourth-order valence-electron chi connectivity index (χ4n) is 13.5. The molecular formula is C82H130O23S. The number of allylic oxidation sites excluding steroid dienone is 14. The first kappa shape index (κ1) is 95.3. The molecule has 1 aliphatic carbocycles. The van der Waals surface area contributed by atoms with Crippen LogP contribution in [0.25, 0.3) is 0 Å². The van der Waals surface area contributed by atoms with Gasteiger partial charge in [0.1, 0.15) is 11.9 Å². The predicted molar refractivity (Wildman–Crippen MR) is 409 cm³/mol. The molecule has 0 amide bonds. The van der Waals surface area contributed by atoms with E-state index in [1.165, 1.54) is 25.3 Å². The molecule has 1 saturated heterocycles. The number of esters is 1. The molecule has 24 atom stereocenters. The van der Waals surface area contributed by atoms with Gasteiger partial charge in [0.25, 0.3) is 0 Å². The lowest BCUT2D eigenvalue weighted by Crippen LogP contribution is -2.55. The van der Waals surface area contributed by atoms with E-state index in [1.807, 2.05) is 13.0 Å². The number of Topliss-reactive ketones (excluding diaryl/α,β-unsaturated/α-hetero) is 2. The summed E-state index contributed by atoms with van der Waals surface area (Å²) in [6, 6.07) is 0. The highest BCUT2D eigenvalue weighted by atomic mass is 32.2. The van der Waals surface area contributed by atoms with Gasteiger partial charge in [0.05, 0.1) is 109 Å². The van der Waals surface area contributed by atoms with Crippen LogP contribution in [0.2, 0.25) is 0 Å². The number of methoxy groups -OCH3 is 1. The fraction of sp³-hybridized carbons (Fsp3) is 0.683. The Kier molecular flexibility index (Phi) is 45.7. The molecule has 2 bridgehead atoms. The molecule has 2 aliphatic heterocycles. The van der Waals surface area contributed by atoms with Crippen molar-refractivity contribution in [1.82, 2.24) is 0 Å². The van der Waals surface area contributed by atoms with Crippen molar-refractivity contribution in [2.45, 2.75) is 306 Å². The summed E-state index contributed by atoms with van der Waals surface area (Å²) in [5.41, 5.74) is 0.580. The zero-order valence-corrected chi connectivity index (χ0v) is 64.7. The maximum absolute atomic E-state index is 14.0. The smallest absolute Gasteiger partial charge is 0.311 e. The van der Waals surface area contributed by atoms with Crippen molar-refractivity contribution >= 4 is 35.1 Å². The molecule has 24 heteroatoms. The number of rotatable bonds is 9. The zero-order valence-electron chi connectivity index (χ0n) is 63.9. The van der Waals surface area contributed by atoms with Gasteiger partial charge in [0, 0.05) is 74.5 Å². The first-order valence-corrected chi connectivity index (χ1v) is 39.3. The molecule has 2 heterocycles. The van der Waals surface area contributed by atoms with E-state index >= 15 is 0 Å². The van der Waals surface area contributed by atoms with Crippen LogP contribution in [0.5, 0.6) is 0 Å². The maximum atomic E-state index is 14.0. The van der Waals surface area contributed by atoms with E-state index in [1.54, 1.807) is 127 Å². The van der Waals surface area contributed by atoms with Crippen LogP contribution in [0.4, 0.5) is 0 Å². The number of carbonyl (C=O) groups is 4. The number of aliphatic hydroxyl groups excluding tert-OH is 15. The third-order valence-corrected chi connectivity index (χ3v) is 21.2. The zero-order chi connectivity index (χ0) is 79.2. The van der Waals surface area contributed by atoms with Crippen LogP contribution >= 0.6 is 11.8 Å². The number of carbonyl (C=O) groups excluding carboxylic acids is 4. The second-order valence-electron chi connectivity index (χ2n) is 30.0. The summed E-state index contributed by atoms with van der Waals surface area (Å²) in [5, 5.41) is 175. The Labute approximate surface area is 633 Å². The second-order valence-corrected chi connectivity index (χ2v) is 30.8. The molecule has 24 unspecified atom stereocenters. The molecule has 0 saturated carbocycles. The molecule has 16 N–H and O–H groups in total. The summed E-state index contributed by atoms with van der Waals surface area (Å²) < 4.78 is 17.8. The Morgan fingerprint density at radius 3 is 1.84 bits per heavy atom. The molecular weight excluding hydrogens is 1380 g/mol. The van der Waals surface area contributed by atoms with Gasteiger partial charge in [-0.05, 0) is 114 Å². The molecule has 1 fully saturated rings. The van der Waals surface area contributed by atoms with Gasteiger partial charge in [-0.2, -0.15) is 0 Å². The minimum Gasteiger partial charge on any atom is -0.504 e. The van der Waals surface area contributed by atoms with Crippen LogP contribution in [0, 0.1) is 35.5 Å². The maximum Gasteiger partial charge on any atom is 0.311 e. The van der Waals surface area contributed by atoms with Crippen molar-refractivity contribution in [2.75, 3.05) is 13.4 Å². The highest BCUT2D eigenvalue weighted by Crippen LogP contribution is 2.39. The Morgan fingerprint density at radius 1 is 0.604 bits per heavy atom. The number of aliphatic hydroxyl groups is 16. The van der Waals surface area contributed by atoms with Gasteiger partial charge < -0.3 is 95.9 Å². The van der Waals surface area contributed by atoms with E-state index in [0.717, 1.165) is 43.5 Å². The van der Waals surface area contributed by atoms with E-state index in [2.05, 4.69) is 0 Å². The first-order chi connectivity index (χ1) is 50.1. The molecule has 3 rings (SSSR count). The number of ketones is 3. The lowest BCUT2D eigenvalue weighted by atomic mass is 9.78. The molecule has 0 aromatic rings. The minimum atomic E-state index is -2.25. The second kappa shape index (κ2) is 50.8. The van der Waals surface area contributed by atoms with Crippen LogP contribution in [-0.4, -0.2) is 228 Å². The summed E-state index contributed by atoms with van der Waals surface area (Å²) in [4.78, 5) is 52.3. The van der Waals surface area contributed by atoms with Gasteiger partial charge in [-0.15, -0.1) is 11.8 Å². The van der Waals surface area contributed by atoms with Crippen LogP contribution in [0.1, 0.15) is 196 Å². The molecule has 0 aromatic carbocycles. The van der Waals surface area contributed by atoms with E-state index in [9.17, 15) is 101 Å². The number of hydrogen-bond donors (Lipinski definition) is 16. The average molecular weight is 1520 g/mol. The van der Waals surface area contributed by atoms with E-state index < -0.39 is 163 Å². The summed E-state index contributed by atoms with van der Waals surface area (Å²) in [5.74, 6) is -8.41.